The quantitative estimate of drug-likeness (QED) is 0.664. The van der Waals surface area contributed by atoms with E-state index in [9.17, 15) is 0 Å². The van der Waals surface area contributed by atoms with Crippen LogP contribution in [0.1, 0.15) is 31.2 Å². The SMILES string of the molecule is CN(c1c(C(=N)N)cnc2ccccc12)C1CCCC1. The van der Waals surface area contributed by atoms with Crippen molar-refractivity contribution in [2.24, 2.45) is 5.73 Å². The van der Waals surface area contributed by atoms with E-state index in [1.165, 1.54) is 25.7 Å². The fourth-order valence-corrected chi connectivity index (χ4v) is 3.18. The minimum atomic E-state index is 0.0862. The number of amidine groups is 1. The number of anilines is 1. The number of nitrogen functional groups attached to an aromatic ring is 1. The molecule has 104 valence electrons. The number of nitrogens with zero attached hydrogens (tertiary/aromatic N) is 2. The van der Waals surface area contributed by atoms with E-state index in [-0.39, 0.29) is 5.84 Å². The number of rotatable bonds is 3. The lowest BCUT2D eigenvalue weighted by Gasteiger charge is -2.29. The van der Waals surface area contributed by atoms with Crippen LogP contribution < -0.4 is 10.6 Å². The molecule has 1 saturated carbocycles. The number of aromatic nitrogens is 1. The maximum Gasteiger partial charge on any atom is 0.126 e. The molecule has 4 nitrogen and oxygen atoms in total. The van der Waals surface area contributed by atoms with Crippen molar-refractivity contribution >= 4 is 22.4 Å². The minimum Gasteiger partial charge on any atom is -0.384 e. The molecule has 1 aliphatic carbocycles. The van der Waals surface area contributed by atoms with Crippen LogP contribution in [-0.2, 0) is 0 Å². The molecule has 0 bridgehead atoms. The highest BCUT2D eigenvalue weighted by atomic mass is 15.1. The summed E-state index contributed by atoms with van der Waals surface area (Å²) < 4.78 is 0. The number of hydrogen-bond acceptors (Lipinski definition) is 3. The van der Waals surface area contributed by atoms with Gasteiger partial charge in [0.15, 0.2) is 0 Å². The Morgan fingerprint density at radius 2 is 2.00 bits per heavy atom. The lowest BCUT2D eigenvalue weighted by molar-refractivity contribution is 0.654. The van der Waals surface area contributed by atoms with Gasteiger partial charge in [-0.15, -0.1) is 0 Å². The second-order valence-electron chi connectivity index (χ2n) is 5.50. The maximum atomic E-state index is 7.83. The first-order valence-electron chi connectivity index (χ1n) is 7.13. The van der Waals surface area contributed by atoms with Crippen molar-refractivity contribution in [2.75, 3.05) is 11.9 Å². The number of para-hydroxylation sites is 1. The summed E-state index contributed by atoms with van der Waals surface area (Å²) >= 11 is 0. The summed E-state index contributed by atoms with van der Waals surface area (Å²) in [6.45, 7) is 0. The first-order valence-corrected chi connectivity index (χ1v) is 7.13. The van der Waals surface area contributed by atoms with Crippen molar-refractivity contribution < 1.29 is 0 Å². The highest BCUT2D eigenvalue weighted by Crippen LogP contribution is 2.33. The van der Waals surface area contributed by atoms with Crippen LogP contribution in [0.3, 0.4) is 0 Å². The Bertz CT molecular complexity index is 644. The zero-order valence-electron chi connectivity index (χ0n) is 11.8. The third kappa shape index (κ3) is 2.11. The van der Waals surface area contributed by atoms with Crippen LogP contribution in [0.2, 0.25) is 0 Å². The molecule has 1 aliphatic rings. The Balaban J connectivity index is 2.18. The number of fused-ring (bicyclic) bond motifs is 1. The normalized spacial score (nSPS) is 15.7. The molecule has 0 saturated heterocycles. The summed E-state index contributed by atoms with van der Waals surface area (Å²) in [5.74, 6) is 0.0862. The molecule has 0 unspecified atom stereocenters. The average Bonchev–Trinajstić information content (AvgIpc) is 2.99. The molecule has 2 aromatic rings. The zero-order valence-corrected chi connectivity index (χ0v) is 11.8. The van der Waals surface area contributed by atoms with Crippen LogP contribution in [0.15, 0.2) is 30.5 Å². The number of pyridine rings is 1. The molecule has 0 amide bonds. The molecule has 3 rings (SSSR count). The molecule has 0 spiro atoms. The van der Waals surface area contributed by atoms with E-state index in [0.717, 1.165) is 22.2 Å². The van der Waals surface area contributed by atoms with Gasteiger partial charge in [0, 0.05) is 24.7 Å². The molecule has 0 radical (unpaired) electrons. The summed E-state index contributed by atoms with van der Waals surface area (Å²) in [7, 11) is 2.12. The van der Waals surface area contributed by atoms with Gasteiger partial charge in [0.1, 0.15) is 5.84 Å². The van der Waals surface area contributed by atoms with E-state index >= 15 is 0 Å². The van der Waals surface area contributed by atoms with E-state index in [1.807, 2.05) is 18.2 Å². The van der Waals surface area contributed by atoms with Gasteiger partial charge in [-0.2, -0.15) is 0 Å². The Morgan fingerprint density at radius 1 is 1.30 bits per heavy atom. The highest BCUT2D eigenvalue weighted by Gasteiger charge is 2.24. The van der Waals surface area contributed by atoms with Crippen LogP contribution in [0.5, 0.6) is 0 Å². The smallest absolute Gasteiger partial charge is 0.126 e. The molecule has 1 heterocycles. The summed E-state index contributed by atoms with van der Waals surface area (Å²) in [6, 6.07) is 8.61. The van der Waals surface area contributed by atoms with E-state index in [0.29, 0.717) is 6.04 Å². The maximum absolute atomic E-state index is 7.83. The summed E-state index contributed by atoms with van der Waals surface area (Å²) in [6.07, 6.45) is 6.72. The first-order chi connectivity index (χ1) is 9.68. The van der Waals surface area contributed by atoms with E-state index < -0.39 is 0 Å². The van der Waals surface area contributed by atoms with Gasteiger partial charge in [-0.25, -0.2) is 0 Å². The molecule has 20 heavy (non-hydrogen) atoms. The monoisotopic (exact) mass is 268 g/mol. The fourth-order valence-electron chi connectivity index (χ4n) is 3.18. The van der Waals surface area contributed by atoms with Crippen molar-refractivity contribution in [2.45, 2.75) is 31.7 Å². The predicted octanol–water partition coefficient (Wildman–Crippen LogP) is 2.90. The molecule has 1 fully saturated rings. The molecular formula is C16H20N4. The fraction of sp³-hybridized carbons (Fsp3) is 0.375. The minimum absolute atomic E-state index is 0.0862. The average molecular weight is 268 g/mol. The topological polar surface area (TPSA) is 66.0 Å². The Labute approximate surface area is 119 Å². The Morgan fingerprint density at radius 3 is 2.70 bits per heavy atom. The van der Waals surface area contributed by atoms with Crippen LogP contribution >= 0.6 is 0 Å². The molecular weight excluding hydrogens is 248 g/mol. The summed E-state index contributed by atoms with van der Waals surface area (Å²) in [4.78, 5) is 6.72. The molecule has 4 heteroatoms. The molecule has 0 atom stereocenters. The third-order valence-electron chi connectivity index (χ3n) is 4.26. The predicted molar refractivity (Wildman–Crippen MR) is 83.4 cm³/mol. The van der Waals surface area contributed by atoms with Gasteiger partial charge < -0.3 is 10.6 Å². The van der Waals surface area contributed by atoms with Crippen molar-refractivity contribution in [3.8, 4) is 0 Å². The van der Waals surface area contributed by atoms with Crippen LogP contribution in [0.25, 0.3) is 10.9 Å². The van der Waals surface area contributed by atoms with Crippen LogP contribution in [0, 0.1) is 5.41 Å². The Hall–Kier alpha value is -2.10. The van der Waals surface area contributed by atoms with Gasteiger partial charge in [-0.3, -0.25) is 10.4 Å². The zero-order chi connectivity index (χ0) is 14.1. The lowest BCUT2D eigenvalue weighted by atomic mass is 10.1. The molecule has 0 aliphatic heterocycles. The van der Waals surface area contributed by atoms with Gasteiger partial charge in [0.05, 0.1) is 16.8 Å². The second-order valence-corrected chi connectivity index (χ2v) is 5.50. The Kier molecular flexibility index (Phi) is 3.30. The lowest BCUT2D eigenvalue weighted by Crippen LogP contribution is -2.31. The van der Waals surface area contributed by atoms with Gasteiger partial charge in [-0.05, 0) is 18.9 Å². The second kappa shape index (κ2) is 5.12. The number of hydrogen-bond donors (Lipinski definition) is 2. The van der Waals surface area contributed by atoms with Crippen molar-refractivity contribution in [3.05, 3.63) is 36.0 Å². The van der Waals surface area contributed by atoms with E-state index in [4.69, 9.17) is 11.1 Å². The van der Waals surface area contributed by atoms with Gasteiger partial charge >= 0.3 is 0 Å². The summed E-state index contributed by atoms with van der Waals surface area (Å²) in [5, 5.41) is 8.90. The third-order valence-corrected chi connectivity index (χ3v) is 4.26. The van der Waals surface area contributed by atoms with Gasteiger partial charge in [-0.1, -0.05) is 31.0 Å². The van der Waals surface area contributed by atoms with Crippen molar-refractivity contribution in [1.29, 1.82) is 5.41 Å². The molecule has 3 N–H and O–H groups in total. The molecule has 1 aromatic carbocycles. The summed E-state index contributed by atoms with van der Waals surface area (Å²) in [5.41, 5.74) is 8.50. The number of nitrogens with one attached hydrogen (secondary N) is 1. The van der Waals surface area contributed by atoms with E-state index in [2.05, 4.69) is 23.0 Å². The van der Waals surface area contributed by atoms with Gasteiger partial charge in [0.25, 0.3) is 0 Å². The van der Waals surface area contributed by atoms with Gasteiger partial charge in [0.2, 0.25) is 0 Å². The number of benzene rings is 1. The highest BCUT2D eigenvalue weighted by molar-refractivity contribution is 6.07. The van der Waals surface area contributed by atoms with Crippen molar-refractivity contribution in [3.63, 3.8) is 0 Å². The van der Waals surface area contributed by atoms with Crippen molar-refractivity contribution in [1.82, 2.24) is 4.98 Å². The first kappa shape index (κ1) is 12.9. The van der Waals surface area contributed by atoms with E-state index in [1.54, 1.807) is 6.20 Å². The standard InChI is InChI=1S/C16H20N4/c1-20(11-6-2-3-7-11)15-12-8-4-5-9-14(12)19-10-13(15)16(17)18/h4-5,8-11H,2-3,6-7H2,1H3,(H3,17,18). The largest absolute Gasteiger partial charge is 0.384 e. The molecule has 1 aromatic heterocycles. The number of nitrogens with two attached hydrogens (primary N) is 1. The van der Waals surface area contributed by atoms with Crippen LogP contribution in [-0.4, -0.2) is 23.9 Å². The van der Waals surface area contributed by atoms with Crippen LogP contribution in [0.4, 0.5) is 5.69 Å².